The van der Waals surface area contributed by atoms with E-state index in [9.17, 15) is 39.0 Å². The minimum atomic E-state index is -1.37. The molecule has 182 valence electrons. The van der Waals surface area contributed by atoms with Crippen LogP contribution >= 0.6 is 21.6 Å². The quantitative estimate of drug-likeness (QED) is 0.0788. The first-order chi connectivity index (χ1) is 14.8. The lowest BCUT2D eigenvalue weighted by atomic mass is 10.1. The lowest BCUT2D eigenvalue weighted by molar-refractivity contribution is -0.141. The van der Waals surface area contributed by atoms with Crippen LogP contribution in [0.2, 0.25) is 0 Å². The molecular formula is C16H26N4O10S2. The van der Waals surface area contributed by atoms with Gasteiger partial charge in [-0.15, -0.1) is 0 Å². The highest BCUT2D eigenvalue weighted by molar-refractivity contribution is 8.76. The summed E-state index contributed by atoms with van der Waals surface area (Å²) in [7, 11) is 1.84. The molecule has 0 aliphatic heterocycles. The Hall–Kier alpha value is -2.56. The molecule has 14 nitrogen and oxygen atoms in total. The van der Waals surface area contributed by atoms with Crippen molar-refractivity contribution in [3.8, 4) is 0 Å². The van der Waals surface area contributed by atoms with Gasteiger partial charge in [-0.1, -0.05) is 21.6 Å². The van der Waals surface area contributed by atoms with E-state index in [2.05, 4.69) is 10.6 Å². The first-order valence-electron chi connectivity index (χ1n) is 9.10. The van der Waals surface area contributed by atoms with Crippen molar-refractivity contribution in [1.29, 1.82) is 0 Å². The van der Waals surface area contributed by atoms with E-state index in [4.69, 9.17) is 21.7 Å². The molecule has 0 spiro atoms. The Morgan fingerprint density at radius 3 is 1.22 bits per heavy atom. The summed E-state index contributed by atoms with van der Waals surface area (Å²) in [6, 6.07) is -5.14. The summed E-state index contributed by atoms with van der Waals surface area (Å²) in [5.74, 6) is -7.07. The second-order valence-corrected chi connectivity index (χ2v) is 9.00. The third-order valence-corrected chi connectivity index (χ3v) is 6.22. The standard InChI is InChI=1S/C16H26N4O10S2/c17-7(1-3-11(21)22)13(25)19-9(15(27)28)5-31-32-6-10(16(29)30)20-14(26)8(18)2-4-12(23)24/h7-10H,1-6,17-18H2,(H,19,25)(H,20,26)(H,21,22)(H,23,24)(H,27,28)(H,29,30)/t7-,8-,9-,10?/m0/s1. The van der Waals surface area contributed by atoms with Gasteiger partial charge in [-0.3, -0.25) is 19.2 Å². The number of carboxylic acid groups (broad SMARTS) is 4. The Kier molecular flexibility index (Phi) is 14.1. The van der Waals surface area contributed by atoms with Crippen molar-refractivity contribution < 1.29 is 49.2 Å². The number of amides is 2. The number of carbonyl (C=O) groups is 6. The molecule has 0 aromatic rings. The summed E-state index contributed by atoms with van der Waals surface area (Å²) in [4.78, 5) is 67.4. The molecular weight excluding hydrogens is 472 g/mol. The van der Waals surface area contributed by atoms with Crippen LogP contribution in [0.5, 0.6) is 0 Å². The van der Waals surface area contributed by atoms with Gasteiger partial charge in [0.05, 0.1) is 12.1 Å². The molecule has 0 saturated carbocycles. The molecule has 0 aromatic heterocycles. The van der Waals surface area contributed by atoms with Gasteiger partial charge in [-0.25, -0.2) is 9.59 Å². The molecule has 16 heteroatoms. The average Bonchev–Trinajstić information content (AvgIpc) is 2.70. The number of hydrogen-bond acceptors (Lipinski definition) is 10. The van der Waals surface area contributed by atoms with E-state index >= 15 is 0 Å². The van der Waals surface area contributed by atoms with Crippen LogP contribution in [-0.4, -0.2) is 91.8 Å². The molecule has 0 aliphatic carbocycles. The summed E-state index contributed by atoms with van der Waals surface area (Å²) in [6.07, 6.45) is -1.08. The highest BCUT2D eigenvalue weighted by Gasteiger charge is 2.26. The third kappa shape index (κ3) is 13.0. The van der Waals surface area contributed by atoms with E-state index in [-0.39, 0.29) is 37.2 Å². The number of nitrogens with two attached hydrogens (primary N) is 2. The summed E-state index contributed by atoms with van der Waals surface area (Å²) in [6.45, 7) is 0. The van der Waals surface area contributed by atoms with Crippen molar-refractivity contribution in [3.63, 3.8) is 0 Å². The predicted octanol–water partition coefficient (Wildman–Crippen LogP) is -2.11. The van der Waals surface area contributed by atoms with Crippen LogP contribution in [0.3, 0.4) is 0 Å². The van der Waals surface area contributed by atoms with Crippen LogP contribution in [0.4, 0.5) is 0 Å². The van der Waals surface area contributed by atoms with Crippen molar-refractivity contribution in [2.24, 2.45) is 11.5 Å². The zero-order valence-electron chi connectivity index (χ0n) is 16.8. The zero-order valence-corrected chi connectivity index (χ0v) is 18.4. The van der Waals surface area contributed by atoms with E-state index in [0.717, 1.165) is 21.6 Å². The Bertz CT molecular complexity index is 650. The number of nitrogens with one attached hydrogen (secondary N) is 2. The molecule has 0 aliphatic rings. The highest BCUT2D eigenvalue weighted by atomic mass is 33.1. The van der Waals surface area contributed by atoms with Crippen molar-refractivity contribution in [2.75, 3.05) is 11.5 Å². The minimum absolute atomic E-state index is 0.171. The fourth-order valence-electron chi connectivity index (χ4n) is 1.96. The Morgan fingerprint density at radius 1 is 0.656 bits per heavy atom. The second-order valence-electron chi connectivity index (χ2n) is 6.45. The molecule has 0 saturated heterocycles. The van der Waals surface area contributed by atoms with Crippen LogP contribution in [0.1, 0.15) is 25.7 Å². The largest absolute Gasteiger partial charge is 0.481 e. The number of rotatable bonds is 17. The van der Waals surface area contributed by atoms with Crippen molar-refractivity contribution in [2.45, 2.75) is 49.9 Å². The van der Waals surface area contributed by atoms with Gasteiger partial charge in [-0.2, -0.15) is 0 Å². The van der Waals surface area contributed by atoms with Gasteiger partial charge in [0, 0.05) is 24.3 Å². The van der Waals surface area contributed by atoms with E-state index in [1.165, 1.54) is 0 Å². The fraction of sp³-hybridized carbons (Fsp3) is 0.625. The number of aliphatic carboxylic acids is 4. The summed E-state index contributed by atoms with van der Waals surface area (Å²) >= 11 is 0. The van der Waals surface area contributed by atoms with E-state index in [0.29, 0.717) is 0 Å². The highest BCUT2D eigenvalue weighted by Crippen LogP contribution is 2.23. The third-order valence-electron chi connectivity index (χ3n) is 3.79. The van der Waals surface area contributed by atoms with Gasteiger partial charge in [0.1, 0.15) is 12.1 Å². The second kappa shape index (κ2) is 15.3. The van der Waals surface area contributed by atoms with E-state index in [1.54, 1.807) is 0 Å². The summed E-state index contributed by atoms with van der Waals surface area (Å²) in [5, 5.41) is 40.0. The molecule has 4 atom stereocenters. The monoisotopic (exact) mass is 498 g/mol. The molecule has 0 radical (unpaired) electrons. The Balaban J connectivity index is 4.58. The molecule has 1 unspecified atom stereocenters. The maximum absolute atomic E-state index is 11.9. The Morgan fingerprint density at radius 2 is 0.969 bits per heavy atom. The van der Waals surface area contributed by atoms with E-state index in [1.807, 2.05) is 0 Å². The maximum Gasteiger partial charge on any atom is 0.327 e. The predicted molar refractivity (Wildman–Crippen MR) is 114 cm³/mol. The molecule has 0 fully saturated rings. The lowest BCUT2D eigenvalue weighted by Gasteiger charge is -2.19. The van der Waals surface area contributed by atoms with Crippen LogP contribution in [-0.2, 0) is 28.8 Å². The van der Waals surface area contributed by atoms with Crippen molar-refractivity contribution >= 4 is 57.3 Å². The number of hydrogen-bond donors (Lipinski definition) is 8. The van der Waals surface area contributed by atoms with Gasteiger partial charge in [0.25, 0.3) is 0 Å². The van der Waals surface area contributed by atoms with Gasteiger partial charge in [0.15, 0.2) is 0 Å². The summed E-state index contributed by atoms with van der Waals surface area (Å²) in [5.41, 5.74) is 11.0. The molecule has 0 bridgehead atoms. The van der Waals surface area contributed by atoms with Crippen LogP contribution in [0.25, 0.3) is 0 Å². The van der Waals surface area contributed by atoms with Gasteiger partial charge < -0.3 is 42.5 Å². The van der Waals surface area contributed by atoms with Crippen molar-refractivity contribution in [1.82, 2.24) is 10.6 Å². The molecule has 0 heterocycles. The molecule has 32 heavy (non-hydrogen) atoms. The number of carboxylic acids is 4. The van der Waals surface area contributed by atoms with Gasteiger partial charge >= 0.3 is 23.9 Å². The van der Waals surface area contributed by atoms with Crippen LogP contribution in [0, 0.1) is 0 Å². The first kappa shape index (κ1) is 29.4. The van der Waals surface area contributed by atoms with Crippen molar-refractivity contribution in [3.05, 3.63) is 0 Å². The smallest absolute Gasteiger partial charge is 0.327 e. The zero-order chi connectivity index (χ0) is 24.8. The SMILES string of the molecule is N[C@@H](CCC(=O)O)C(=O)NC(CSSC[C@H](NC(=O)[C@@H](N)CCC(=O)O)C(=O)O)C(=O)O. The Labute approximate surface area is 190 Å². The number of carbonyl (C=O) groups excluding carboxylic acids is 2. The van der Waals surface area contributed by atoms with Crippen LogP contribution < -0.4 is 22.1 Å². The topological polar surface area (TPSA) is 259 Å². The fourth-order valence-corrected chi connectivity index (χ4v) is 4.27. The average molecular weight is 499 g/mol. The molecule has 10 N–H and O–H groups in total. The van der Waals surface area contributed by atoms with Gasteiger partial charge in [0.2, 0.25) is 11.8 Å². The van der Waals surface area contributed by atoms with Gasteiger partial charge in [-0.05, 0) is 12.8 Å². The van der Waals surface area contributed by atoms with E-state index < -0.39 is 59.9 Å². The minimum Gasteiger partial charge on any atom is -0.481 e. The summed E-state index contributed by atoms with van der Waals surface area (Å²) < 4.78 is 0. The maximum atomic E-state index is 11.9. The molecule has 0 rings (SSSR count). The first-order valence-corrected chi connectivity index (χ1v) is 11.6. The lowest BCUT2D eigenvalue weighted by Crippen LogP contribution is -2.50. The molecule has 0 aromatic carbocycles. The normalized spacial score (nSPS) is 14.4. The molecule has 2 amide bonds. The van der Waals surface area contributed by atoms with Crippen LogP contribution in [0.15, 0.2) is 0 Å².